The van der Waals surface area contributed by atoms with Gasteiger partial charge in [-0.25, -0.2) is 4.98 Å². The fraction of sp³-hybridized carbons (Fsp3) is 0.455. The predicted molar refractivity (Wildman–Crippen MR) is 121 cm³/mol. The molecule has 0 bridgehead atoms. The zero-order chi connectivity index (χ0) is 23.7. The summed E-state index contributed by atoms with van der Waals surface area (Å²) in [5, 5.41) is 18.4. The maximum Gasteiger partial charge on any atom is 0.573 e. The molecule has 184 valence electrons. The van der Waals surface area contributed by atoms with Gasteiger partial charge in [-0.3, -0.25) is 4.79 Å². The van der Waals surface area contributed by atoms with Gasteiger partial charge < -0.3 is 25.6 Å². The number of hydrogen-bond acceptors (Lipinski definition) is 8. The third-order valence-corrected chi connectivity index (χ3v) is 4.87. The zero-order valence-corrected chi connectivity index (χ0v) is 17.8. The lowest BCUT2D eigenvalue weighted by molar-refractivity contribution is -0.274. The van der Waals surface area contributed by atoms with Gasteiger partial charge in [-0.15, -0.1) is 13.2 Å². The molecule has 3 N–H and O–H groups in total. The van der Waals surface area contributed by atoms with Gasteiger partial charge in [-0.1, -0.05) is 25.6 Å². The molecule has 0 aliphatic carbocycles. The van der Waals surface area contributed by atoms with Gasteiger partial charge in [0.25, 0.3) is 0 Å². The van der Waals surface area contributed by atoms with Gasteiger partial charge in [0.2, 0.25) is 11.9 Å². The van der Waals surface area contributed by atoms with Crippen LogP contribution in [-0.2, 0) is 11.3 Å². The Morgan fingerprint density at radius 2 is 1.97 bits per heavy atom. The molecule has 0 saturated carbocycles. The van der Waals surface area contributed by atoms with E-state index in [-0.39, 0.29) is 48.5 Å². The van der Waals surface area contributed by atoms with Crippen LogP contribution in [0, 0.1) is 11.3 Å². The van der Waals surface area contributed by atoms with E-state index in [2.05, 4.69) is 30.7 Å². The van der Waals surface area contributed by atoms with Crippen molar-refractivity contribution in [3.05, 3.63) is 41.6 Å². The second kappa shape index (κ2) is 12.6. The lowest BCUT2D eigenvalue weighted by atomic mass is 10.2. The number of carbonyl (C=O) groups is 1. The number of nitrogens with zero attached hydrogens (tertiary/aromatic N) is 4. The predicted octanol–water partition coefficient (Wildman–Crippen LogP) is 3.12. The van der Waals surface area contributed by atoms with Crippen LogP contribution in [0.4, 0.5) is 24.9 Å². The highest BCUT2D eigenvalue weighted by atomic mass is 19.4. The van der Waals surface area contributed by atoms with Crippen LogP contribution in [0.1, 0.15) is 31.4 Å². The summed E-state index contributed by atoms with van der Waals surface area (Å²) in [6.07, 6.45) is -2.55. The number of anilines is 2. The normalized spacial score (nSPS) is 13.4. The third-order valence-electron chi connectivity index (χ3n) is 4.87. The first-order chi connectivity index (χ1) is 15.9. The Kier molecular flexibility index (Phi) is 9.88. The number of aromatic nitrogens is 2. The van der Waals surface area contributed by atoms with Crippen LogP contribution in [0.15, 0.2) is 30.5 Å². The average Bonchev–Trinajstić information content (AvgIpc) is 2.81. The number of halogens is 3. The second-order valence-electron chi connectivity index (χ2n) is 7.24. The maximum absolute atomic E-state index is 12.6. The molecule has 1 amide bonds. The summed E-state index contributed by atoms with van der Waals surface area (Å²) < 4.78 is 41.8. The summed E-state index contributed by atoms with van der Waals surface area (Å²) in [5.41, 5.74) is 0.485. The Balaban J connectivity index is 0.00000408. The number of nitriles is 1. The Hall–Kier alpha value is -3.59. The van der Waals surface area contributed by atoms with E-state index in [1.165, 1.54) is 24.4 Å². The minimum atomic E-state index is -4.80. The van der Waals surface area contributed by atoms with Gasteiger partial charge in [0.1, 0.15) is 23.2 Å². The highest BCUT2D eigenvalue weighted by Gasteiger charge is 2.32. The number of ether oxygens (including phenoxy) is 1. The number of rotatable bonds is 9. The standard InChI is InChI=1S/C21H24F3N7O2.CH4/c22-21(23,24)33-17-5-2-1-4-15(17)13-28-20-29-14-16(12-25)19(30-20)27-7-3-6-18(32)31-10-8-26-9-11-31;/h1-2,4-5,14,26H,3,6-11,13H2,(H2,27,28,29,30);1H4. The molecule has 12 heteroatoms. The van der Waals surface area contributed by atoms with Crippen LogP contribution in [-0.4, -0.2) is 59.9 Å². The highest BCUT2D eigenvalue weighted by Crippen LogP contribution is 2.26. The molecule has 1 saturated heterocycles. The quantitative estimate of drug-likeness (QED) is 0.470. The van der Waals surface area contributed by atoms with Gasteiger partial charge in [0, 0.05) is 51.3 Å². The summed E-state index contributed by atoms with van der Waals surface area (Å²) in [4.78, 5) is 22.3. The molecule has 3 rings (SSSR count). The van der Waals surface area contributed by atoms with E-state index in [1.54, 1.807) is 6.07 Å². The first-order valence-corrected chi connectivity index (χ1v) is 10.4. The minimum Gasteiger partial charge on any atom is -0.405 e. The van der Waals surface area contributed by atoms with Gasteiger partial charge in [0.05, 0.1) is 6.20 Å². The van der Waals surface area contributed by atoms with Crippen LogP contribution < -0.4 is 20.7 Å². The molecule has 9 nitrogen and oxygen atoms in total. The summed E-state index contributed by atoms with van der Waals surface area (Å²) >= 11 is 0. The Morgan fingerprint density at radius 1 is 1.24 bits per heavy atom. The largest absolute Gasteiger partial charge is 0.573 e. The van der Waals surface area contributed by atoms with Crippen LogP contribution in [0.2, 0.25) is 0 Å². The molecule has 34 heavy (non-hydrogen) atoms. The number of nitrogens with one attached hydrogen (secondary N) is 3. The van der Waals surface area contributed by atoms with Gasteiger partial charge in [0.15, 0.2) is 0 Å². The number of benzene rings is 1. The minimum absolute atomic E-state index is 0. The molecule has 1 aromatic carbocycles. The van der Waals surface area contributed by atoms with Crippen molar-refractivity contribution in [2.45, 2.75) is 33.2 Å². The van der Waals surface area contributed by atoms with E-state index in [9.17, 15) is 23.2 Å². The van der Waals surface area contributed by atoms with Gasteiger partial charge in [-0.2, -0.15) is 10.2 Å². The van der Waals surface area contributed by atoms with E-state index in [0.29, 0.717) is 32.5 Å². The molecule has 1 aliphatic heterocycles. The highest BCUT2D eigenvalue weighted by molar-refractivity contribution is 5.76. The van der Waals surface area contributed by atoms with Crippen LogP contribution in [0.25, 0.3) is 0 Å². The van der Waals surface area contributed by atoms with Gasteiger partial charge >= 0.3 is 6.36 Å². The van der Waals surface area contributed by atoms with Gasteiger partial charge in [-0.05, 0) is 12.5 Å². The average molecular weight is 480 g/mol. The summed E-state index contributed by atoms with van der Waals surface area (Å²) in [6, 6.07) is 7.74. The van der Waals surface area contributed by atoms with Crippen molar-refractivity contribution in [2.75, 3.05) is 43.4 Å². The molecular weight excluding hydrogens is 451 g/mol. The number of amides is 1. The fourth-order valence-electron chi connectivity index (χ4n) is 3.25. The third kappa shape index (κ3) is 8.08. The van der Waals surface area contributed by atoms with E-state index in [4.69, 9.17) is 0 Å². The molecular formula is C22H28F3N7O2. The Bertz CT molecular complexity index is 989. The van der Waals surface area contributed by atoms with Crippen molar-refractivity contribution < 1.29 is 22.7 Å². The van der Waals surface area contributed by atoms with E-state index >= 15 is 0 Å². The number of para-hydroxylation sites is 1. The fourth-order valence-corrected chi connectivity index (χ4v) is 3.25. The molecule has 1 fully saturated rings. The van der Waals surface area contributed by atoms with Crippen molar-refractivity contribution in [1.82, 2.24) is 20.2 Å². The topological polar surface area (TPSA) is 115 Å². The van der Waals surface area contributed by atoms with Crippen molar-refractivity contribution in [2.24, 2.45) is 0 Å². The number of hydrogen-bond donors (Lipinski definition) is 3. The number of alkyl halides is 3. The maximum atomic E-state index is 12.6. The molecule has 0 atom stereocenters. The number of piperazine rings is 1. The van der Waals surface area contributed by atoms with Crippen LogP contribution in [0.3, 0.4) is 0 Å². The Morgan fingerprint density at radius 3 is 2.68 bits per heavy atom. The molecule has 2 aromatic rings. The molecule has 0 unspecified atom stereocenters. The van der Waals surface area contributed by atoms with Crippen molar-refractivity contribution in [3.63, 3.8) is 0 Å². The smallest absolute Gasteiger partial charge is 0.405 e. The van der Waals surface area contributed by atoms with E-state index < -0.39 is 6.36 Å². The van der Waals surface area contributed by atoms with Crippen molar-refractivity contribution in [1.29, 1.82) is 5.26 Å². The lowest BCUT2D eigenvalue weighted by Gasteiger charge is -2.27. The molecule has 1 aliphatic rings. The summed E-state index contributed by atoms with van der Waals surface area (Å²) in [5.74, 6) is 0.182. The first kappa shape index (κ1) is 26.7. The second-order valence-corrected chi connectivity index (χ2v) is 7.24. The summed E-state index contributed by atoms with van der Waals surface area (Å²) in [6.45, 7) is 3.38. The SMILES string of the molecule is C.N#Cc1cnc(NCc2ccccc2OC(F)(F)F)nc1NCCCC(=O)N1CCNCC1. The van der Waals surface area contributed by atoms with Crippen LogP contribution in [0.5, 0.6) is 5.75 Å². The molecule has 2 heterocycles. The Labute approximate surface area is 196 Å². The monoisotopic (exact) mass is 479 g/mol. The van der Waals surface area contributed by atoms with Crippen molar-refractivity contribution >= 4 is 17.7 Å². The number of carbonyl (C=O) groups excluding carboxylic acids is 1. The molecule has 1 aromatic heterocycles. The van der Waals surface area contributed by atoms with E-state index in [0.717, 1.165) is 13.1 Å². The van der Waals surface area contributed by atoms with Crippen LogP contribution >= 0.6 is 0 Å². The van der Waals surface area contributed by atoms with Crippen molar-refractivity contribution in [3.8, 4) is 11.8 Å². The molecule has 0 radical (unpaired) electrons. The lowest BCUT2D eigenvalue weighted by Crippen LogP contribution is -2.46. The zero-order valence-electron chi connectivity index (χ0n) is 17.8. The van der Waals surface area contributed by atoms with E-state index in [1.807, 2.05) is 11.0 Å². The summed E-state index contributed by atoms with van der Waals surface area (Å²) in [7, 11) is 0. The molecule has 0 spiro atoms. The first-order valence-electron chi connectivity index (χ1n) is 10.4.